The van der Waals surface area contributed by atoms with Crippen LogP contribution in [-0.4, -0.2) is 47.1 Å². The maximum atomic E-state index is 12.6. The average Bonchev–Trinajstić information content (AvgIpc) is 2.77. The number of hydrogen-bond acceptors (Lipinski definition) is 6. The summed E-state index contributed by atoms with van der Waals surface area (Å²) in [4.78, 5) is 14.2. The van der Waals surface area contributed by atoms with Crippen LogP contribution in [0.3, 0.4) is 0 Å². The maximum Gasteiger partial charge on any atom is 0.278 e. The van der Waals surface area contributed by atoms with Crippen LogP contribution in [-0.2, 0) is 4.79 Å². The van der Waals surface area contributed by atoms with Crippen LogP contribution < -0.4 is 0 Å². The molecule has 1 N–H and O–H groups in total. The van der Waals surface area contributed by atoms with Crippen LogP contribution in [0.25, 0.3) is 0 Å². The number of amides is 1. The van der Waals surface area contributed by atoms with Gasteiger partial charge in [-0.3, -0.25) is 4.79 Å². The molecule has 0 aromatic rings. The van der Waals surface area contributed by atoms with Crippen LogP contribution in [0.15, 0.2) is 80.5 Å². The Morgan fingerprint density at radius 1 is 0.931 bits per heavy atom. The molecule has 0 spiro atoms. The molecule has 1 saturated carbocycles. The molecule has 29 heavy (non-hydrogen) atoms. The van der Waals surface area contributed by atoms with Gasteiger partial charge in [-0.2, -0.15) is 15.3 Å². The van der Waals surface area contributed by atoms with Crippen molar-refractivity contribution in [3.05, 3.63) is 60.1 Å². The fourth-order valence-electron chi connectivity index (χ4n) is 4.14. The third-order valence-electron chi connectivity index (χ3n) is 5.96. The number of hydrogen-bond donors (Lipinski definition) is 1. The fourth-order valence-corrected chi connectivity index (χ4v) is 4.14. The lowest BCUT2D eigenvalue weighted by Gasteiger charge is -2.36. The van der Waals surface area contributed by atoms with E-state index in [1.807, 2.05) is 36.5 Å². The van der Waals surface area contributed by atoms with Gasteiger partial charge in [-0.15, -0.1) is 5.11 Å². The highest BCUT2D eigenvalue weighted by Gasteiger charge is 2.38. The molecule has 3 atom stereocenters. The molecule has 0 aromatic carbocycles. The number of carbonyl (C=O) groups is 1. The minimum absolute atomic E-state index is 0.0134. The molecule has 7 nitrogen and oxygen atoms in total. The van der Waals surface area contributed by atoms with E-state index in [4.69, 9.17) is 0 Å². The number of rotatable bonds is 4. The number of likely N-dealkylation sites (N-methyl/N-ethyl adjacent to an activating group) is 1. The summed E-state index contributed by atoms with van der Waals surface area (Å²) in [6.07, 6.45) is 20.3. The van der Waals surface area contributed by atoms with Gasteiger partial charge in [-0.1, -0.05) is 48.6 Å². The van der Waals surface area contributed by atoms with E-state index in [-0.39, 0.29) is 47.4 Å². The summed E-state index contributed by atoms with van der Waals surface area (Å²) in [5, 5.41) is 28.1. The Labute approximate surface area is 171 Å². The van der Waals surface area contributed by atoms with Gasteiger partial charge in [0.05, 0.1) is 30.1 Å². The molecule has 1 heterocycles. The van der Waals surface area contributed by atoms with E-state index in [0.717, 1.165) is 32.1 Å². The number of azo groups is 2. The quantitative estimate of drug-likeness (QED) is 0.716. The van der Waals surface area contributed by atoms with Crippen molar-refractivity contribution in [1.82, 2.24) is 4.90 Å². The topological polar surface area (TPSA) is 90.0 Å². The number of fused-ring (bicyclic) bond motifs is 1. The molecule has 0 bridgehead atoms. The van der Waals surface area contributed by atoms with E-state index >= 15 is 0 Å². The Morgan fingerprint density at radius 2 is 1.62 bits per heavy atom. The van der Waals surface area contributed by atoms with Crippen molar-refractivity contribution in [2.24, 2.45) is 26.4 Å². The second-order valence-corrected chi connectivity index (χ2v) is 7.96. The molecule has 3 unspecified atom stereocenters. The zero-order valence-electron chi connectivity index (χ0n) is 16.6. The summed E-state index contributed by atoms with van der Waals surface area (Å²) in [5.74, 6) is -0.527. The van der Waals surface area contributed by atoms with Gasteiger partial charge >= 0.3 is 0 Å². The summed E-state index contributed by atoms with van der Waals surface area (Å²) >= 11 is 0. The van der Waals surface area contributed by atoms with Crippen molar-refractivity contribution >= 4 is 5.91 Å². The highest BCUT2D eigenvalue weighted by Crippen LogP contribution is 2.33. The van der Waals surface area contributed by atoms with Crippen LogP contribution in [0, 0.1) is 5.92 Å². The number of carbonyl (C=O) groups excluding carboxylic acids is 1. The summed E-state index contributed by atoms with van der Waals surface area (Å²) in [7, 11) is 1.74. The second-order valence-electron chi connectivity index (χ2n) is 7.96. The van der Waals surface area contributed by atoms with Gasteiger partial charge in [-0.25, -0.2) is 0 Å². The van der Waals surface area contributed by atoms with Gasteiger partial charge in [0.15, 0.2) is 5.70 Å². The summed E-state index contributed by atoms with van der Waals surface area (Å²) in [5.41, 5.74) is 0.0626. The molecule has 7 heteroatoms. The van der Waals surface area contributed by atoms with Crippen LogP contribution in [0.1, 0.15) is 32.1 Å². The zero-order valence-corrected chi connectivity index (χ0v) is 16.6. The Kier molecular flexibility index (Phi) is 5.83. The van der Waals surface area contributed by atoms with Crippen molar-refractivity contribution in [1.29, 1.82) is 0 Å². The molecule has 0 aromatic heterocycles. The Morgan fingerprint density at radius 3 is 2.34 bits per heavy atom. The number of allylic oxidation sites excluding steroid dienone is 4. The number of aliphatic hydroxyl groups excluding tert-OH is 1. The predicted molar refractivity (Wildman–Crippen MR) is 110 cm³/mol. The first-order chi connectivity index (χ1) is 14.1. The maximum absolute atomic E-state index is 12.6. The molecule has 4 rings (SSSR count). The molecule has 1 aliphatic heterocycles. The summed E-state index contributed by atoms with van der Waals surface area (Å²) in [6.45, 7) is 0. The summed E-state index contributed by atoms with van der Waals surface area (Å²) < 4.78 is 0. The third-order valence-corrected chi connectivity index (χ3v) is 5.96. The third kappa shape index (κ3) is 4.28. The van der Waals surface area contributed by atoms with Crippen molar-refractivity contribution in [2.45, 2.75) is 56.3 Å². The highest BCUT2D eigenvalue weighted by atomic mass is 16.3. The van der Waals surface area contributed by atoms with Gasteiger partial charge in [0, 0.05) is 7.05 Å². The lowest BCUT2D eigenvalue weighted by atomic mass is 9.88. The summed E-state index contributed by atoms with van der Waals surface area (Å²) in [6, 6.07) is 0.281. The fraction of sp³-hybridized carbons (Fsp3) is 0.500. The van der Waals surface area contributed by atoms with Gasteiger partial charge < -0.3 is 10.0 Å². The predicted octanol–water partition coefficient (Wildman–Crippen LogP) is 4.44. The van der Waals surface area contributed by atoms with Crippen molar-refractivity contribution in [2.75, 3.05) is 7.05 Å². The Bertz CT molecular complexity index is 843. The van der Waals surface area contributed by atoms with Crippen LogP contribution in [0.5, 0.6) is 0 Å². The smallest absolute Gasteiger partial charge is 0.278 e. The molecule has 1 fully saturated rings. The number of aliphatic hydroxyl groups is 1. The lowest BCUT2D eigenvalue weighted by Crippen LogP contribution is -2.46. The Hall–Kier alpha value is -2.83. The zero-order chi connectivity index (χ0) is 20.2. The van der Waals surface area contributed by atoms with E-state index in [1.54, 1.807) is 11.9 Å². The van der Waals surface area contributed by atoms with Crippen LogP contribution in [0.2, 0.25) is 0 Å². The SMILES string of the molecule is CN1C(=O)C(N=NC2CCC(N=NC3C=CC=CC3)CC2)=C(O)C2C=CC=CC21. The van der Waals surface area contributed by atoms with Gasteiger partial charge in [0.25, 0.3) is 5.91 Å². The second kappa shape index (κ2) is 8.68. The van der Waals surface area contributed by atoms with E-state index in [0.29, 0.717) is 0 Å². The van der Waals surface area contributed by atoms with Crippen LogP contribution >= 0.6 is 0 Å². The minimum Gasteiger partial charge on any atom is -0.509 e. The first-order valence-electron chi connectivity index (χ1n) is 10.3. The average molecular weight is 393 g/mol. The van der Waals surface area contributed by atoms with E-state index in [1.165, 1.54) is 0 Å². The van der Waals surface area contributed by atoms with Crippen LogP contribution in [0.4, 0.5) is 0 Å². The molecular weight excluding hydrogens is 366 g/mol. The first-order valence-corrected chi connectivity index (χ1v) is 10.3. The minimum atomic E-state index is -0.287. The van der Waals surface area contributed by atoms with Crippen molar-refractivity contribution < 1.29 is 9.90 Å². The van der Waals surface area contributed by atoms with Gasteiger partial charge in [0.1, 0.15) is 5.76 Å². The standard InChI is InChI=1S/C22H27N5O2/c1-27-19-10-6-5-9-18(19)21(28)20(22(27)29)26-25-17-13-11-16(12-14-17)24-23-15-7-3-2-4-8-15/h2-7,9-10,15-19,28H,8,11-14H2,1H3. The molecular formula is C22H27N5O2. The molecule has 0 saturated heterocycles. The van der Waals surface area contributed by atoms with Crippen molar-refractivity contribution in [3.63, 3.8) is 0 Å². The molecule has 152 valence electrons. The Balaban J connectivity index is 1.35. The van der Waals surface area contributed by atoms with E-state index < -0.39 is 0 Å². The van der Waals surface area contributed by atoms with Gasteiger partial charge in [-0.05, 0) is 32.1 Å². The molecule has 4 aliphatic rings. The highest BCUT2D eigenvalue weighted by molar-refractivity contribution is 5.95. The first kappa shape index (κ1) is 19.5. The van der Waals surface area contributed by atoms with E-state index in [9.17, 15) is 9.90 Å². The van der Waals surface area contributed by atoms with E-state index in [2.05, 4.69) is 32.6 Å². The lowest BCUT2D eigenvalue weighted by molar-refractivity contribution is -0.129. The molecule has 0 radical (unpaired) electrons. The van der Waals surface area contributed by atoms with Gasteiger partial charge in [0.2, 0.25) is 0 Å². The largest absolute Gasteiger partial charge is 0.509 e. The monoisotopic (exact) mass is 393 g/mol. The number of nitrogens with zero attached hydrogens (tertiary/aromatic N) is 5. The normalized spacial score (nSPS) is 34.6. The van der Waals surface area contributed by atoms with Crippen molar-refractivity contribution in [3.8, 4) is 0 Å². The molecule has 3 aliphatic carbocycles. The molecule has 1 amide bonds.